The maximum absolute atomic E-state index is 13.9. The van der Waals surface area contributed by atoms with Gasteiger partial charge in [0.2, 0.25) is 0 Å². The van der Waals surface area contributed by atoms with E-state index in [1.54, 1.807) is 34.1 Å². The van der Waals surface area contributed by atoms with Crippen LogP contribution < -0.4 is 9.80 Å². The molecule has 0 spiro atoms. The molecule has 2 aliphatic rings. The van der Waals surface area contributed by atoms with E-state index in [1.165, 1.54) is 24.3 Å². The number of hydrogen-bond donors (Lipinski definition) is 6. The molecule has 0 atom stereocenters. The van der Waals surface area contributed by atoms with Crippen LogP contribution in [0, 0.1) is 0 Å². The number of amides is 2. The van der Waals surface area contributed by atoms with E-state index in [1.807, 2.05) is 133 Å². The number of para-hydroxylation sites is 2. The summed E-state index contributed by atoms with van der Waals surface area (Å²) in [7, 11) is 0. The van der Waals surface area contributed by atoms with Gasteiger partial charge in [0.25, 0.3) is 11.8 Å². The second-order valence-electron chi connectivity index (χ2n) is 16.0. The molecule has 68 heavy (non-hydrogen) atoms. The van der Waals surface area contributed by atoms with Gasteiger partial charge in [-0.05, 0) is 94.0 Å². The number of rotatable bonds is 8. The monoisotopic (exact) mass is 938 g/mol. The molecule has 8 aromatic carbocycles. The number of benzene rings is 8. The molecular formula is C56H40Cl2N2O8. The van der Waals surface area contributed by atoms with Crippen molar-refractivity contribution in [3.05, 3.63) is 237 Å². The van der Waals surface area contributed by atoms with Gasteiger partial charge < -0.3 is 40.4 Å². The maximum Gasteiger partial charge on any atom is 0.259 e. The van der Waals surface area contributed by atoms with Crippen LogP contribution in [0.3, 0.4) is 0 Å². The SMILES string of the molecule is O=C1/C(=C(/c2ccccc2)c2ccc(Cl)cc2)c2ccccc2N1Cc1cc(O)c(O)c(O)c1.O=C1/C(=C(\c2ccccc2)c2ccc(Cl)cc2)c2ccccc2N1Cc1cc(O)c(O)c(O)c1. The standard InChI is InChI=1S/2C28H20ClNO4/c2*29-20-12-10-19(11-13-20)25(18-6-2-1-3-7-18)26-21-8-4-5-9-22(21)30(28(26)34)16-17-14-23(31)27(33)24(32)15-17/h2*1-15,31-33H,16H2/b26-25+;26-25-. The van der Waals surface area contributed by atoms with Crippen molar-refractivity contribution in [3.8, 4) is 34.5 Å². The van der Waals surface area contributed by atoms with Crippen molar-refractivity contribution < 1.29 is 40.2 Å². The molecule has 0 aromatic heterocycles. The zero-order valence-electron chi connectivity index (χ0n) is 35.9. The van der Waals surface area contributed by atoms with E-state index < -0.39 is 34.5 Å². The molecule has 336 valence electrons. The zero-order valence-corrected chi connectivity index (χ0v) is 37.4. The van der Waals surface area contributed by atoms with Gasteiger partial charge in [0.05, 0.1) is 35.6 Å². The lowest BCUT2D eigenvalue weighted by Gasteiger charge is -2.18. The van der Waals surface area contributed by atoms with Gasteiger partial charge in [0.15, 0.2) is 34.5 Å². The largest absolute Gasteiger partial charge is 0.504 e. The molecule has 0 fully saturated rings. The van der Waals surface area contributed by atoms with Gasteiger partial charge in [0, 0.05) is 32.3 Å². The third kappa shape index (κ3) is 8.69. The van der Waals surface area contributed by atoms with Gasteiger partial charge in [-0.3, -0.25) is 9.59 Å². The van der Waals surface area contributed by atoms with Crippen molar-refractivity contribution in [3.63, 3.8) is 0 Å². The Kier molecular flexibility index (Phi) is 12.4. The highest BCUT2D eigenvalue weighted by atomic mass is 35.5. The van der Waals surface area contributed by atoms with Crippen molar-refractivity contribution in [1.29, 1.82) is 0 Å². The summed E-state index contributed by atoms with van der Waals surface area (Å²) in [5.41, 5.74) is 10.1. The highest BCUT2D eigenvalue weighted by Gasteiger charge is 2.37. The average molecular weight is 940 g/mol. The van der Waals surface area contributed by atoms with Crippen molar-refractivity contribution in [1.82, 2.24) is 0 Å². The zero-order chi connectivity index (χ0) is 47.6. The Labute approximate surface area is 401 Å². The van der Waals surface area contributed by atoms with Crippen molar-refractivity contribution >= 4 is 68.7 Å². The maximum atomic E-state index is 13.9. The predicted octanol–water partition coefficient (Wildman–Crippen LogP) is 11.9. The smallest absolute Gasteiger partial charge is 0.259 e. The van der Waals surface area contributed by atoms with Crippen LogP contribution in [-0.4, -0.2) is 42.5 Å². The molecule has 2 heterocycles. The Bertz CT molecular complexity index is 3030. The summed E-state index contributed by atoms with van der Waals surface area (Å²) in [4.78, 5) is 31.1. The fourth-order valence-corrected chi connectivity index (χ4v) is 8.83. The molecule has 2 amide bonds. The number of halogens is 2. The third-order valence-corrected chi connectivity index (χ3v) is 12.2. The van der Waals surface area contributed by atoms with Crippen molar-refractivity contribution in [2.45, 2.75) is 13.1 Å². The van der Waals surface area contributed by atoms with Gasteiger partial charge in [-0.2, -0.15) is 0 Å². The van der Waals surface area contributed by atoms with Crippen LogP contribution in [0.4, 0.5) is 11.4 Å². The molecule has 0 saturated carbocycles. The summed E-state index contributed by atoms with van der Waals surface area (Å²) >= 11 is 12.3. The van der Waals surface area contributed by atoms with Gasteiger partial charge in [0.1, 0.15) is 0 Å². The highest BCUT2D eigenvalue weighted by Crippen LogP contribution is 2.47. The van der Waals surface area contributed by atoms with Gasteiger partial charge in [-0.25, -0.2) is 0 Å². The molecule has 0 bridgehead atoms. The number of hydrogen-bond acceptors (Lipinski definition) is 8. The lowest BCUT2D eigenvalue weighted by molar-refractivity contribution is -0.113. The van der Waals surface area contributed by atoms with Crippen molar-refractivity contribution in [2.75, 3.05) is 9.80 Å². The summed E-state index contributed by atoms with van der Waals surface area (Å²) in [6.45, 7) is 0.201. The van der Waals surface area contributed by atoms with E-state index in [-0.39, 0.29) is 24.9 Å². The molecule has 8 aromatic rings. The summed E-state index contributed by atoms with van der Waals surface area (Å²) in [5.74, 6) is -3.38. The van der Waals surface area contributed by atoms with Crippen LogP contribution in [-0.2, 0) is 22.7 Å². The van der Waals surface area contributed by atoms with Crippen LogP contribution >= 0.6 is 23.2 Å². The number of aromatic hydroxyl groups is 6. The summed E-state index contributed by atoms with van der Waals surface area (Å²) in [6.07, 6.45) is 0. The lowest BCUT2D eigenvalue weighted by Crippen LogP contribution is -2.26. The highest BCUT2D eigenvalue weighted by molar-refractivity contribution is 6.40. The predicted molar refractivity (Wildman–Crippen MR) is 266 cm³/mol. The summed E-state index contributed by atoms with van der Waals surface area (Å²) in [6, 6.07) is 54.6. The van der Waals surface area contributed by atoms with E-state index in [2.05, 4.69) is 0 Å². The van der Waals surface area contributed by atoms with Gasteiger partial charge in [-0.15, -0.1) is 0 Å². The molecule has 10 rings (SSSR count). The first-order chi connectivity index (χ1) is 32.9. The average Bonchev–Trinajstić information content (AvgIpc) is 3.77. The minimum atomic E-state index is -0.591. The fraction of sp³-hybridized carbons (Fsp3) is 0.0357. The summed E-state index contributed by atoms with van der Waals surface area (Å²) < 4.78 is 0. The number of phenols is 6. The molecule has 0 radical (unpaired) electrons. The minimum absolute atomic E-state index is 0.101. The first-order valence-corrected chi connectivity index (χ1v) is 22.0. The number of carbonyl (C=O) groups excluding carboxylic acids is 2. The minimum Gasteiger partial charge on any atom is -0.504 e. The van der Waals surface area contributed by atoms with Crippen LogP contribution in [0.25, 0.3) is 22.3 Å². The number of carbonyl (C=O) groups is 2. The van der Waals surface area contributed by atoms with Gasteiger partial charge >= 0.3 is 0 Å². The van der Waals surface area contributed by atoms with Crippen LogP contribution in [0.2, 0.25) is 10.0 Å². The summed E-state index contributed by atoms with van der Waals surface area (Å²) in [5, 5.41) is 60.4. The molecule has 10 nitrogen and oxygen atoms in total. The third-order valence-electron chi connectivity index (χ3n) is 11.7. The van der Waals surface area contributed by atoms with E-state index in [0.29, 0.717) is 32.3 Å². The van der Waals surface area contributed by atoms with Crippen LogP contribution in [0.1, 0.15) is 44.5 Å². The number of phenolic OH excluding ortho intramolecular Hbond substituents is 6. The Morgan fingerprint density at radius 1 is 0.382 bits per heavy atom. The first kappa shape index (κ1) is 44.7. The van der Waals surface area contributed by atoms with E-state index in [9.17, 15) is 40.2 Å². The number of anilines is 2. The number of fused-ring (bicyclic) bond motifs is 2. The molecular weight excluding hydrogens is 900 g/mol. The van der Waals surface area contributed by atoms with Crippen molar-refractivity contribution in [2.24, 2.45) is 0 Å². The van der Waals surface area contributed by atoms with E-state index in [4.69, 9.17) is 23.2 Å². The van der Waals surface area contributed by atoms with Gasteiger partial charge in [-0.1, -0.05) is 145 Å². The Hall–Kier alpha value is -8.44. The van der Waals surface area contributed by atoms with E-state index in [0.717, 1.165) is 55.9 Å². The fourth-order valence-electron chi connectivity index (χ4n) is 8.58. The normalized spacial score (nSPS) is 14.3. The Balaban J connectivity index is 0.000000170. The Morgan fingerprint density at radius 3 is 1.01 bits per heavy atom. The quantitative estimate of drug-likeness (QED) is 0.0648. The Morgan fingerprint density at radius 2 is 0.676 bits per heavy atom. The van der Waals surface area contributed by atoms with Crippen LogP contribution in [0.5, 0.6) is 34.5 Å². The first-order valence-electron chi connectivity index (χ1n) is 21.3. The molecule has 2 aliphatic heterocycles. The molecule has 0 saturated heterocycles. The van der Waals surface area contributed by atoms with E-state index >= 15 is 0 Å². The van der Waals surface area contributed by atoms with Crippen LogP contribution in [0.15, 0.2) is 182 Å². The molecule has 0 aliphatic carbocycles. The second kappa shape index (κ2) is 18.8. The number of nitrogens with zero attached hydrogens (tertiary/aromatic N) is 2. The molecule has 6 N–H and O–H groups in total. The molecule has 12 heteroatoms. The molecule has 0 unspecified atom stereocenters. The second-order valence-corrected chi connectivity index (χ2v) is 16.9. The lowest BCUT2D eigenvalue weighted by atomic mass is 9.90. The topological polar surface area (TPSA) is 162 Å².